The van der Waals surface area contributed by atoms with Gasteiger partial charge in [0, 0.05) is 16.9 Å². The molecule has 0 aliphatic carbocycles. The van der Waals surface area contributed by atoms with Crippen molar-refractivity contribution in [1.29, 1.82) is 0 Å². The summed E-state index contributed by atoms with van der Waals surface area (Å²) in [4.78, 5) is 0. The number of rotatable bonds is 2. The maximum Gasteiger partial charge on any atom is 0.216 e. The predicted molar refractivity (Wildman–Crippen MR) is 83.3 cm³/mol. The summed E-state index contributed by atoms with van der Waals surface area (Å²) >= 11 is 9.46. The lowest BCUT2D eigenvalue weighted by atomic mass is 10.2. The van der Waals surface area contributed by atoms with Crippen molar-refractivity contribution in [3.8, 4) is 0 Å². The Bertz CT molecular complexity index is 695. The van der Waals surface area contributed by atoms with Crippen LogP contribution in [0.15, 0.2) is 39.9 Å². The van der Waals surface area contributed by atoms with Crippen LogP contribution in [0, 0.1) is 0 Å². The lowest BCUT2D eigenvalue weighted by Gasteiger charge is -2.25. The fourth-order valence-electron chi connectivity index (χ4n) is 2.36. The first kappa shape index (κ1) is 12.6. The lowest BCUT2D eigenvalue weighted by molar-refractivity contribution is 0.607. The number of hydrogen-bond acceptors (Lipinski definition) is 5. The Hall–Kier alpha value is -1.11. The van der Waals surface area contributed by atoms with Crippen molar-refractivity contribution in [2.75, 3.05) is 5.01 Å². The molecule has 4 rings (SSSR count). The number of thioether (sulfide) groups is 2. The molecule has 1 unspecified atom stereocenters. The molecular weight excluding hydrogens is 312 g/mol. The van der Waals surface area contributed by atoms with Gasteiger partial charge >= 0.3 is 0 Å². The van der Waals surface area contributed by atoms with Gasteiger partial charge < -0.3 is 0 Å². The Kier molecular flexibility index (Phi) is 2.98. The molecule has 1 atom stereocenters. The lowest BCUT2D eigenvalue weighted by Crippen LogP contribution is -2.30. The normalized spacial score (nSPS) is 20.0. The van der Waals surface area contributed by atoms with Gasteiger partial charge in [-0.3, -0.25) is 5.01 Å². The van der Waals surface area contributed by atoms with Crippen molar-refractivity contribution < 1.29 is 0 Å². The second kappa shape index (κ2) is 4.72. The molecular formula is C13H11ClN4S2. The van der Waals surface area contributed by atoms with Gasteiger partial charge in [0.25, 0.3) is 0 Å². The number of fused-ring (bicyclic) bond motifs is 3. The van der Waals surface area contributed by atoms with E-state index in [0.29, 0.717) is 0 Å². The highest BCUT2D eigenvalue weighted by atomic mass is 35.5. The SMILES string of the molecule is CCc1nnc2n1N1C(=CSC1c1ccc(Cl)cc1)S2. The van der Waals surface area contributed by atoms with Crippen molar-refractivity contribution in [3.05, 3.63) is 51.1 Å². The molecule has 1 aromatic carbocycles. The third kappa shape index (κ3) is 1.78. The van der Waals surface area contributed by atoms with E-state index >= 15 is 0 Å². The zero-order valence-corrected chi connectivity index (χ0v) is 13.0. The molecule has 0 fully saturated rings. The molecule has 0 radical (unpaired) electrons. The van der Waals surface area contributed by atoms with Gasteiger partial charge in [-0.25, -0.2) is 4.68 Å². The fraction of sp³-hybridized carbons (Fsp3) is 0.231. The highest BCUT2D eigenvalue weighted by Crippen LogP contribution is 2.51. The standard InChI is InChI=1S/C13H11ClN4S2/c1-2-10-15-16-13-17(10)18-11(20-13)7-19-12(18)8-3-5-9(14)6-4-8/h3-7,12H,2H2,1H3. The van der Waals surface area contributed by atoms with Gasteiger partial charge in [0.2, 0.25) is 5.16 Å². The molecule has 0 spiro atoms. The molecule has 4 nitrogen and oxygen atoms in total. The second-order valence-corrected chi connectivity index (χ2v) is 6.89. The van der Waals surface area contributed by atoms with Crippen molar-refractivity contribution in [2.45, 2.75) is 23.9 Å². The summed E-state index contributed by atoms with van der Waals surface area (Å²) in [5, 5.41) is 16.1. The van der Waals surface area contributed by atoms with Gasteiger partial charge in [-0.15, -0.1) is 10.2 Å². The molecule has 2 aliphatic rings. The smallest absolute Gasteiger partial charge is 0.216 e. The monoisotopic (exact) mass is 322 g/mol. The van der Waals surface area contributed by atoms with E-state index in [1.54, 1.807) is 23.5 Å². The summed E-state index contributed by atoms with van der Waals surface area (Å²) in [5.41, 5.74) is 1.23. The molecule has 2 aliphatic heterocycles. The minimum atomic E-state index is 0.220. The van der Waals surface area contributed by atoms with E-state index in [4.69, 9.17) is 11.6 Å². The van der Waals surface area contributed by atoms with Gasteiger partial charge in [0.1, 0.15) is 10.4 Å². The van der Waals surface area contributed by atoms with E-state index in [1.807, 2.05) is 12.1 Å². The Morgan fingerprint density at radius 2 is 2.05 bits per heavy atom. The molecule has 3 heterocycles. The number of halogens is 1. The molecule has 0 saturated carbocycles. The van der Waals surface area contributed by atoms with E-state index in [-0.39, 0.29) is 5.37 Å². The van der Waals surface area contributed by atoms with Crippen LogP contribution in [0.4, 0.5) is 0 Å². The summed E-state index contributed by atoms with van der Waals surface area (Å²) in [6.45, 7) is 2.10. The number of hydrogen-bond donors (Lipinski definition) is 0. The van der Waals surface area contributed by atoms with Crippen LogP contribution in [-0.2, 0) is 6.42 Å². The van der Waals surface area contributed by atoms with Crippen molar-refractivity contribution >= 4 is 35.1 Å². The van der Waals surface area contributed by atoms with Crippen LogP contribution in [0.25, 0.3) is 0 Å². The Labute approximate surface area is 130 Å². The van der Waals surface area contributed by atoms with E-state index < -0.39 is 0 Å². The second-order valence-electron chi connectivity index (χ2n) is 4.51. The first-order valence-electron chi connectivity index (χ1n) is 6.30. The number of aromatic nitrogens is 3. The molecule has 0 bridgehead atoms. The van der Waals surface area contributed by atoms with Crippen LogP contribution in [-0.4, -0.2) is 14.9 Å². The Morgan fingerprint density at radius 1 is 1.25 bits per heavy atom. The van der Waals surface area contributed by atoms with Gasteiger partial charge in [-0.1, -0.05) is 42.4 Å². The summed E-state index contributed by atoms with van der Waals surface area (Å²) in [7, 11) is 0. The van der Waals surface area contributed by atoms with Crippen LogP contribution in [0.2, 0.25) is 5.02 Å². The molecule has 20 heavy (non-hydrogen) atoms. The minimum Gasteiger partial charge on any atom is -0.252 e. The Morgan fingerprint density at radius 3 is 2.80 bits per heavy atom. The number of benzene rings is 1. The topological polar surface area (TPSA) is 34.0 Å². The third-order valence-corrected chi connectivity index (χ3v) is 5.75. The highest BCUT2D eigenvalue weighted by molar-refractivity contribution is 8.07. The van der Waals surface area contributed by atoms with E-state index in [1.165, 1.54) is 10.6 Å². The van der Waals surface area contributed by atoms with Gasteiger partial charge in [-0.05, 0) is 29.5 Å². The summed E-state index contributed by atoms with van der Waals surface area (Å²) in [5.74, 6) is 0.998. The van der Waals surface area contributed by atoms with Crippen LogP contribution < -0.4 is 5.01 Å². The maximum atomic E-state index is 5.98. The summed E-state index contributed by atoms with van der Waals surface area (Å²) in [6.07, 6.45) is 0.870. The molecule has 2 aromatic rings. The largest absolute Gasteiger partial charge is 0.252 e. The van der Waals surface area contributed by atoms with Crippen LogP contribution >= 0.6 is 35.1 Å². The molecule has 0 amide bonds. The highest BCUT2D eigenvalue weighted by Gasteiger charge is 2.39. The minimum absolute atomic E-state index is 0.220. The quantitative estimate of drug-likeness (QED) is 0.840. The van der Waals surface area contributed by atoms with Crippen LogP contribution in [0.1, 0.15) is 23.7 Å². The molecule has 7 heteroatoms. The number of aryl methyl sites for hydroxylation is 1. The zero-order valence-electron chi connectivity index (χ0n) is 10.7. The van der Waals surface area contributed by atoms with E-state index in [0.717, 1.165) is 22.4 Å². The first-order valence-corrected chi connectivity index (χ1v) is 8.44. The number of nitrogens with zero attached hydrogens (tertiary/aromatic N) is 4. The van der Waals surface area contributed by atoms with Crippen LogP contribution in [0.5, 0.6) is 0 Å². The molecule has 0 N–H and O–H groups in total. The van der Waals surface area contributed by atoms with Crippen molar-refractivity contribution in [2.24, 2.45) is 0 Å². The molecule has 0 saturated heterocycles. The fourth-order valence-corrected chi connectivity index (χ4v) is 4.73. The van der Waals surface area contributed by atoms with Gasteiger partial charge in [0.05, 0.1) is 0 Å². The average Bonchev–Trinajstić information content (AvgIpc) is 3.10. The average molecular weight is 323 g/mol. The third-order valence-electron chi connectivity index (χ3n) is 3.31. The first-order chi connectivity index (χ1) is 9.78. The van der Waals surface area contributed by atoms with Crippen molar-refractivity contribution in [3.63, 3.8) is 0 Å². The van der Waals surface area contributed by atoms with Crippen molar-refractivity contribution in [1.82, 2.24) is 14.9 Å². The molecule has 102 valence electrons. The Balaban J connectivity index is 1.76. The van der Waals surface area contributed by atoms with E-state index in [2.05, 4.69) is 44.3 Å². The summed E-state index contributed by atoms with van der Waals surface area (Å²) in [6, 6.07) is 8.03. The van der Waals surface area contributed by atoms with Crippen LogP contribution in [0.3, 0.4) is 0 Å². The maximum absolute atomic E-state index is 5.98. The predicted octanol–water partition coefficient (Wildman–Crippen LogP) is 3.78. The molecule has 1 aromatic heterocycles. The summed E-state index contributed by atoms with van der Waals surface area (Å²) < 4.78 is 2.13. The zero-order chi connectivity index (χ0) is 13.7. The van der Waals surface area contributed by atoms with Gasteiger partial charge in [-0.2, -0.15) is 0 Å². The van der Waals surface area contributed by atoms with Gasteiger partial charge in [0.15, 0.2) is 5.82 Å². The van der Waals surface area contributed by atoms with E-state index in [9.17, 15) is 0 Å².